The van der Waals surface area contributed by atoms with Gasteiger partial charge >= 0.3 is 0 Å². The Kier molecular flexibility index (Phi) is 6.66. The first-order chi connectivity index (χ1) is 15.6. The van der Waals surface area contributed by atoms with Gasteiger partial charge in [0.1, 0.15) is 11.6 Å². The number of carbonyl (C=O) groups excluding carboxylic acids is 2. The second kappa shape index (κ2) is 9.97. The highest BCUT2D eigenvalue weighted by atomic mass is 79.9. The molecule has 162 valence electrons. The molecule has 0 aliphatic heterocycles. The summed E-state index contributed by atoms with van der Waals surface area (Å²) in [5, 5.41) is 9.78. The van der Waals surface area contributed by atoms with Gasteiger partial charge < -0.3 is 19.8 Å². The highest BCUT2D eigenvalue weighted by Gasteiger charge is 2.11. The summed E-state index contributed by atoms with van der Waals surface area (Å²) >= 11 is 3.41. The van der Waals surface area contributed by atoms with E-state index in [1.54, 1.807) is 53.3 Å². The second-order valence-electron chi connectivity index (χ2n) is 6.80. The molecule has 4 aromatic rings. The monoisotopic (exact) mass is 494 g/mol. The molecule has 0 fully saturated rings. The zero-order valence-electron chi connectivity index (χ0n) is 16.8. The molecule has 0 aliphatic carbocycles. The van der Waals surface area contributed by atoms with Gasteiger partial charge in [0, 0.05) is 22.3 Å². The van der Waals surface area contributed by atoms with Crippen molar-refractivity contribution in [3.8, 4) is 5.75 Å². The second-order valence-corrected chi connectivity index (χ2v) is 7.71. The summed E-state index contributed by atoms with van der Waals surface area (Å²) in [4.78, 5) is 24.5. The van der Waals surface area contributed by atoms with Gasteiger partial charge in [0.25, 0.3) is 11.8 Å². The molecule has 2 aromatic heterocycles. The molecule has 2 N–H and O–H groups in total. The lowest BCUT2D eigenvalue weighted by atomic mass is 10.2. The molecule has 0 unspecified atom stereocenters. The van der Waals surface area contributed by atoms with E-state index in [-0.39, 0.29) is 24.2 Å². The number of hydrogen-bond acceptors (Lipinski definition) is 5. The summed E-state index contributed by atoms with van der Waals surface area (Å²) < 4.78 is 13.4. The van der Waals surface area contributed by atoms with E-state index in [2.05, 4.69) is 31.7 Å². The van der Waals surface area contributed by atoms with Crippen molar-refractivity contribution < 1.29 is 18.7 Å². The number of nitrogens with zero attached hydrogens (tertiary/aromatic N) is 2. The lowest BCUT2D eigenvalue weighted by Gasteiger charge is -2.11. The lowest BCUT2D eigenvalue weighted by molar-refractivity contribution is -0.118. The number of benzene rings is 2. The minimum absolute atomic E-state index is 0.195. The maximum Gasteiger partial charge on any atom is 0.291 e. The van der Waals surface area contributed by atoms with Crippen LogP contribution in [-0.4, -0.2) is 28.2 Å². The van der Waals surface area contributed by atoms with Crippen LogP contribution in [0.25, 0.3) is 0 Å². The molecule has 0 saturated heterocycles. The van der Waals surface area contributed by atoms with Crippen LogP contribution in [-0.2, 0) is 11.3 Å². The number of ether oxygens (including phenoxy) is 1. The van der Waals surface area contributed by atoms with Crippen molar-refractivity contribution in [2.24, 2.45) is 0 Å². The fraction of sp³-hybridized carbons (Fsp3) is 0.0870. The maximum absolute atomic E-state index is 12.4. The predicted octanol–water partition coefficient (Wildman–Crippen LogP) is 4.56. The Balaban J connectivity index is 1.31. The van der Waals surface area contributed by atoms with Gasteiger partial charge in [-0.25, -0.2) is 4.68 Å². The van der Waals surface area contributed by atoms with Crippen LogP contribution >= 0.6 is 15.9 Å². The average molecular weight is 495 g/mol. The van der Waals surface area contributed by atoms with Crippen molar-refractivity contribution in [1.29, 1.82) is 0 Å². The summed E-state index contributed by atoms with van der Waals surface area (Å²) in [5.41, 5.74) is 1.58. The molecule has 2 aromatic carbocycles. The van der Waals surface area contributed by atoms with Crippen molar-refractivity contribution in [3.05, 3.63) is 95.0 Å². The molecular formula is C23H19BrN4O4. The Labute approximate surface area is 192 Å². The first-order valence-electron chi connectivity index (χ1n) is 9.71. The molecule has 0 radical (unpaired) electrons. The van der Waals surface area contributed by atoms with Crippen molar-refractivity contribution in [1.82, 2.24) is 9.78 Å². The number of hydrogen-bond donors (Lipinski definition) is 2. The van der Waals surface area contributed by atoms with Crippen LogP contribution in [0, 0.1) is 0 Å². The number of carbonyl (C=O) groups is 2. The summed E-state index contributed by atoms with van der Waals surface area (Å²) in [7, 11) is 0. The third kappa shape index (κ3) is 5.64. The topological polar surface area (TPSA) is 98.4 Å². The smallest absolute Gasteiger partial charge is 0.291 e. The van der Waals surface area contributed by atoms with E-state index in [0.717, 1.165) is 10.0 Å². The Hall–Kier alpha value is -3.85. The normalized spacial score (nSPS) is 10.5. The molecule has 0 aliphatic rings. The van der Waals surface area contributed by atoms with Gasteiger partial charge in [-0.05, 0) is 42.0 Å². The van der Waals surface area contributed by atoms with Gasteiger partial charge in [0.05, 0.1) is 19.0 Å². The first kappa shape index (κ1) is 21.4. The number of aromatic nitrogens is 2. The zero-order chi connectivity index (χ0) is 22.3. The Bertz CT molecular complexity index is 1200. The molecule has 9 heteroatoms. The van der Waals surface area contributed by atoms with Crippen molar-refractivity contribution in [2.75, 3.05) is 17.2 Å². The Morgan fingerprint density at radius 3 is 2.66 bits per heavy atom. The standard InChI is InChI=1S/C23H19BrN4O4/c24-17-8-6-16(7-9-17)14-28-21(10-11-25-28)27-22(29)15-32-19-4-1-3-18(13-19)26-23(30)20-5-2-12-31-20/h1-13H,14-15H2,(H,26,30)(H,27,29). The Morgan fingerprint density at radius 2 is 1.88 bits per heavy atom. The largest absolute Gasteiger partial charge is 0.484 e. The van der Waals surface area contributed by atoms with E-state index in [4.69, 9.17) is 9.15 Å². The first-order valence-corrected chi connectivity index (χ1v) is 10.5. The maximum atomic E-state index is 12.4. The van der Waals surface area contributed by atoms with Crippen molar-refractivity contribution in [2.45, 2.75) is 6.54 Å². The highest BCUT2D eigenvalue weighted by molar-refractivity contribution is 9.10. The summed E-state index contributed by atoms with van der Waals surface area (Å²) in [6.07, 6.45) is 3.05. The van der Waals surface area contributed by atoms with Crippen LogP contribution in [0.4, 0.5) is 11.5 Å². The van der Waals surface area contributed by atoms with E-state index < -0.39 is 0 Å². The Morgan fingerprint density at radius 1 is 1.03 bits per heavy atom. The molecule has 32 heavy (non-hydrogen) atoms. The number of nitrogens with one attached hydrogen (secondary N) is 2. The number of rotatable bonds is 8. The summed E-state index contributed by atoms with van der Waals surface area (Å²) in [6.45, 7) is 0.327. The minimum Gasteiger partial charge on any atom is -0.484 e. The van der Waals surface area contributed by atoms with Gasteiger partial charge in [-0.3, -0.25) is 9.59 Å². The van der Waals surface area contributed by atoms with Gasteiger partial charge in [0.15, 0.2) is 12.4 Å². The zero-order valence-corrected chi connectivity index (χ0v) is 18.4. The van der Waals surface area contributed by atoms with Crippen LogP contribution in [0.1, 0.15) is 16.1 Å². The van der Waals surface area contributed by atoms with Gasteiger partial charge in [-0.2, -0.15) is 5.10 Å². The van der Waals surface area contributed by atoms with Gasteiger partial charge in [-0.1, -0.05) is 34.1 Å². The quantitative estimate of drug-likeness (QED) is 0.374. The highest BCUT2D eigenvalue weighted by Crippen LogP contribution is 2.19. The molecular weight excluding hydrogens is 476 g/mol. The van der Waals surface area contributed by atoms with Crippen LogP contribution in [0.3, 0.4) is 0 Å². The van der Waals surface area contributed by atoms with Gasteiger partial charge in [0.2, 0.25) is 0 Å². The molecule has 2 amide bonds. The fourth-order valence-electron chi connectivity index (χ4n) is 2.92. The minimum atomic E-state index is -0.371. The van der Waals surface area contributed by atoms with Crippen molar-refractivity contribution in [3.63, 3.8) is 0 Å². The number of furan rings is 1. The molecule has 8 nitrogen and oxygen atoms in total. The third-order valence-corrected chi connectivity index (χ3v) is 4.97. The summed E-state index contributed by atoms with van der Waals surface area (Å²) in [6, 6.07) is 19.6. The molecule has 0 atom stereocenters. The fourth-order valence-corrected chi connectivity index (χ4v) is 3.18. The molecule has 2 heterocycles. The molecule has 0 saturated carbocycles. The summed E-state index contributed by atoms with van der Waals surface area (Å²) in [5.74, 6) is 0.522. The van der Waals surface area contributed by atoms with Crippen LogP contribution in [0.15, 0.2) is 88.1 Å². The molecule has 0 bridgehead atoms. The number of halogens is 1. The van der Waals surface area contributed by atoms with Gasteiger partial charge in [-0.15, -0.1) is 0 Å². The van der Waals surface area contributed by atoms with E-state index in [9.17, 15) is 9.59 Å². The third-order valence-electron chi connectivity index (χ3n) is 4.44. The van der Waals surface area contributed by atoms with E-state index in [0.29, 0.717) is 23.8 Å². The predicted molar refractivity (Wildman–Crippen MR) is 123 cm³/mol. The average Bonchev–Trinajstić information content (AvgIpc) is 3.47. The molecule has 4 rings (SSSR count). The van der Waals surface area contributed by atoms with Crippen LogP contribution in [0.2, 0.25) is 0 Å². The van der Waals surface area contributed by atoms with Crippen LogP contribution < -0.4 is 15.4 Å². The lowest BCUT2D eigenvalue weighted by Crippen LogP contribution is -2.22. The van der Waals surface area contributed by atoms with E-state index >= 15 is 0 Å². The van der Waals surface area contributed by atoms with E-state index in [1.165, 1.54) is 6.26 Å². The molecule has 0 spiro atoms. The SMILES string of the molecule is O=C(COc1cccc(NC(=O)c2ccco2)c1)Nc1ccnn1Cc1ccc(Br)cc1. The number of amides is 2. The van der Waals surface area contributed by atoms with E-state index in [1.807, 2.05) is 24.3 Å². The number of anilines is 2. The van der Waals surface area contributed by atoms with Crippen molar-refractivity contribution >= 4 is 39.2 Å². The van der Waals surface area contributed by atoms with Crippen LogP contribution in [0.5, 0.6) is 5.75 Å².